The van der Waals surface area contributed by atoms with E-state index in [1.165, 1.54) is 25.7 Å². The Hall–Kier alpha value is -1.09. The predicted octanol–water partition coefficient (Wildman–Crippen LogP) is 3.81. The molecule has 0 aromatic heterocycles. The van der Waals surface area contributed by atoms with Crippen molar-refractivity contribution in [2.45, 2.75) is 52.1 Å². The Kier molecular flexibility index (Phi) is 4.14. The van der Waals surface area contributed by atoms with Gasteiger partial charge in [-0.2, -0.15) is 0 Å². The van der Waals surface area contributed by atoms with Crippen LogP contribution in [-0.2, 0) is 6.54 Å². The number of anilines is 1. The van der Waals surface area contributed by atoms with Gasteiger partial charge in [-0.15, -0.1) is 0 Å². The van der Waals surface area contributed by atoms with Crippen LogP contribution in [-0.4, -0.2) is 18.0 Å². The Balaban J connectivity index is 1.94. The van der Waals surface area contributed by atoms with Crippen molar-refractivity contribution in [3.63, 3.8) is 0 Å². The van der Waals surface area contributed by atoms with E-state index < -0.39 is 0 Å². The quantitative estimate of drug-likeness (QED) is 0.841. The maximum absolute atomic E-state index is 13.4. The van der Waals surface area contributed by atoms with Gasteiger partial charge >= 0.3 is 0 Å². The summed E-state index contributed by atoms with van der Waals surface area (Å²) < 4.78 is 13.4. The summed E-state index contributed by atoms with van der Waals surface area (Å²) in [6.45, 7) is 5.49. The van der Waals surface area contributed by atoms with Crippen molar-refractivity contribution in [2.75, 3.05) is 12.8 Å². The van der Waals surface area contributed by atoms with Gasteiger partial charge in [-0.1, -0.05) is 19.9 Å². The fraction of sp³-hybridized carbons (Fsp3) is 0.625. The molecule has 0 unspecified atom stereocenters. The molecule has 1 saturated carbocycles. The lowest BCUT2D eigenvalue weighted by atomic mass is 9.75. The molecule has 0 saturated heterocycles. The lowest BCUT2D eigenvalue weighted by molar-refractivity contribution is 0.123. The molecule has 1 aliphatic carbocycles. The second kappa shape index (κ2) is 5.49. The van der Waals surface area contributed by atoms with E-state index in [9.17, 15) is 4.39 Å². The van der Waals surface area contributed by atoms with Gasteiger partial charge in [0.05, 0.1) is 5.69 Å². The van der Waals surface area contributed by atoms with E-state index >= 15 is 0 Å². The van der Waals surface area contributed by atoms with Crippen molar-refractivity contribution in [3.05, 3.63) is 29.6 Å². The molecule has 3 heteroatoms. The van der Waals surface area contributed by atoms with Crippen molar-refractivity contribution < 1.29 is 4.39 Å². The highest BCUT2D eigenvalue weighted by Crippen LogP contribution is 2.36. The summed E-state index contributed by atoms with van der Waals surface area (Å²) in [7, 11) is 2.14. The van der Waals surface area contributed by atoms with Crippen molar-refractivity contribution in [1.82, 2.24) is 4.90 Å². The van der Waals surface area contributed by atoms with Gasteiger partial charge in [0.15, 0.2) is 0 Å². The van der Waals surface area contributed by atoms with Crippen LogP contribution in [0.1, 0.15) is 45.1 Å². The van der Waals surface area contributed by atoms with E-state index in [1.54, 1.807) is 12.1 Å². The zero-order valence-electron chi connectivity index (χ0n) is 12.2. The van der Waals surface area contributed by atoms with Crippen molar-refractivity contribution in [2.24, 2.45) is 5.41 Å². The summed E-state index contributed by atoms with van der Waals surface area (Å²) in [4.78, 5) is 2.35. The highest BCUT2D eigenvalue weighted by Gasteiger charge is 2.28. The van der Waals surface area contributed by atoms with Gasteiger partial charge in [-0.3, -0.25) is 4.90 Å². The molecule has 19 heavy (non-hydrogen) atoms. The van der Waals surface area contributed by atoms with E-state index in [4.69, 9.17) is 5.73 Å². The standard InChI is InChI=1S/C16H25FN2/c1-16(2)8-6-13(7-9-16)19(3)11-12-4-5-15(18)14(17)10-12/h4-5,10,13H,6-9,11,18H2,1-3H3. The lowest BCUT2D eigenvalue weighted by Gasteiger charge is -2.38. The highest BCUT2D eigenvalue weighted by atomic mass is 19.1. The molecule has 1 fully saturated rings. The third-order valence-corrected chi connectivity index (χ3v) is 4.43. The Bertz CT molecular complexity index is 432. The molecule has 2 rings (SSSR count). The fourth-order valence-corrected chi connectivity index (χ4v) is 2.91. The normalized spacial score (nSPS) is 19.8. The molecule has 0 amide bonds. The third-order valence-electron chi connectivity index (χ3n) is 4.43. The zero-order chi connectivity index (χ0) is 14.0. The van der Waals surface area contributed by atoms with Crippen LogP contribution in [0.15, 0.2) is 18.2 Å². The van der Waals surface area contributed by atoms with Gasteiger partial charge in [0.2, 0.25) is 0 Å². The van der Waals surface area contributed by atoms with Gasteiger partial charge in [-0.25, -0.2) is 4.39 Å². The summed E-state index contributed by atoms with van der Waals surface area (Å²) in [5.74, 6) is -0.310. The van der Waals surface area contributed by atoms with Crippen LogP contribution in [0.4, 0.5) is 10.1 Å². The van der Waals surface area contributed by atoms with Crippen LogP contribution in [0.5, 0.6) is 0 Å². The molecule has 106 valence electrons. The average Bonchev–Trinajstić information content (AvgIpc) is 2.33. The van der Waals surface area contributed by atoms with Gasteiger partial charge in [0, 0.05) is 12.6 Å². The summed E-state index contributed by atoms with van der Waals surface area (Å²) in [5, 5.41) is 0. The first-order valence-corrected chi connectivity index (χ1v) is 7.11. The molecule has 2 N–H and O–H groups in total. The van der Waals surface area contributed by atoms with Crippen LogP contribution < -0.4 is 5.73 Å². The predicted molar refractivity (Wildman–Crippen MR) is 78.3 cm³/mol. The Labute approximate surface area is 115 Å². The van der Waals surface area contributed by atoms with Crippen LogP contribution >= 0.6 is 0 Å². The summed E-state index contributed by atoms with van der Waals surface area (Å²) >= 11 is 0. The molecule has 0 aliphatic heterocycles. The van der Waals surface area contributed by atoms with Crippen LogP contribution in [0.3, 0.4) is 0 Å². The number of nitrogens with two attached hydrogens (primary N) is 1. The number of hydrogen-bond acceptors (Lipinski definition) is 2. The van der Waals surface area contributed by atoms with Crippen molar-refractivity contribution in [3.8, 4) is 0 Å². The summed E-state index contributed by atoms with van der Waals surface area (Å²) in [6, 6.07) is 5.75. The Morgan fingerprint density at radius 1 is 1.32 bits per heavy atom. The SMILES string of the molecule is CN(Cc1ccc(N)c(F)c1)C1CCC(C)(C)CC1. The minimum Gasteiger partial charge on any atom is -0.396 e. The van der Waals surface area contributed by atoms with E-state index in [0.717, 1.165) is 12.1 Å². The second-order valence-electron chi connectivity index (χ2n) is 6.67. The monoisotopic (exact) mass is 264 g/mol. The molecule has 0 radical (unpaired) electrons. The third kappa shape index (κ3) is 3.69. The number of rotatable bonds is 3. The highest BCUT2D eigenvalue weighted by molar-refractivity contribution is 5.41. The molecular formula is C16H25FN2. The number of nitrogen functional groups attached to an aromatic ring is 1. The van der Waals surface area contributed by atoms with Crippen LogP contribution in [0.25, 0.3) is 0 Å². The summed E-state index contributed by atoms with van der Waals surface area (Å²) in [5.41, 5.74) is 7.22. The molecule has 1 aromatic rings. The van der Waals surface area contributed by atoms with E-state index in [-0.39, 0.29) is 11.5 Å². The molecule has 1 aromatic carbocycles. The van der Waals surface area contributed by atoms with E-state index in [1.807, 2.05) is 6.07 Å². The maximum Gasteiger partial charge on any atom is 0.146 e. The first-order valence-electron chi connectivity index (χ1n) is 7.11. The number of halogens is 1. The number of hydrogen-bond donors (Lipinski definition) is 1. The molecule has 0 spiro atoms. The minimum atomic E-state index is -0.310. The first kappa shape index (κ1) is 14.3. The van der Waals surface area contributed by atoms with E-state index in [2.05, 4.69) is 25.8 Å². The van der Waals surface area contributed by atoms with Crippen LogP contribution in [0.2, 0.25) is 0 Å². The molecule has 1 aliphatic rings. The smallest absolute Gasteiger partial charge is 0.146 e. The lowest BCUT2D eigenvalue weighted by Crippen LogP contribution is -2.36. The molecular weight excluding hydrogens is 239 g/mol. The zero-order valence-corrected chi connectivity index (χ0v) is 12.2. The van der Waals surface area contributed by atoms with Crippen molar-refractivity contribution >= 4 is 5.69 Å². The minimum absolute atomic E-state index is 0.228. The maximum atomic E-state index is 13.4. The topological polar surface area (TPSA) is 29.3 Å². The van der Waals surface area contributed by atoms with Crippen molar-refractivity contribution in [1.29, 1.82) is 0 Å². The number of nitrogens with zero attached hydrogens (tertiary/aromatic N) is 1. The van der Waals surface area contributed by atoms with Gasteiger partial charge < -0.3 is 5.73 Å². The van der Waals surface area contributed by atoms with Gasteiger partial charge in [0.1, 0.15) is 5.82 Å². The fourth-order valence-electron chi connectivity index (χ4n) is 2.91. The van der Waals surface area contributed by atoms with Gasteiger partial charge in [-0.05, 0) is 55.8 Å². The first-order chi connectivity index (χ1) is 8.87. The molecule has 0 heterocycles. The summed E-state index contributed by atoms with van der Waals surface area (Å²) in [6.07, 6.45) is 5.03. The van der Waals surface area contributed by atoms with Crippen LogP contribution in [0, 0.1) is 11.2 Å². The molecule has 2 nitrogen and oxygen atoms in total. The van der Waals surface area contributed by atoms with Gasteiger partial charge in [0.25, 0.3) is 0 Å². The molecule has 0 bridgehead atoms. The number of benzene rings is 1. The Morgan fingerprint density at radius 2 is 1.95 bits per heavy atom. The largest absolute Gasteiger partial charge is 0.396 e. The van der Waals surface area contributed by atoms with E-state index in [0.29, 0.717) is 11.5 Å². The average molecular weight is 264 g/mol. The Morgan fingerprint density at radius 3 is 2.53 bits per heavy atom. The molecule has 0 atom stereocenters. The second-order valence-corrected chi connectivity index (χ2v) is 6.67.